The minimum absolute atomic E-state index is 0.0616. The van der Waals surface area contributed by atoms with Crippen LogP contribution in [0.25, 0.3) is 10.4 Å². The van der Waals surface area contributed by atoms with Gasteiger partial charge < -0.3 is 15.2 Å². The van der Waals surface area contributed by atoms with Crippen LogP contribution < -0.4 is 15.4 Å². The minimum Gasteiger partial charge on any atom is -0.496 e. The van der Waals surface area contributed by atoms with E-state index >= 15 is 0 Å². The van der Waals surface area contributed by atoms with E-state index in [0.29, 0.717) is 16.2 Å². The molecule has 1 unspecified atom stereocenters. The molecule has 44 heavy (non-hydrogen) atoms. The predicted molar refractivity (Wildman–Crippen MR) is 162 cm³/mol. The summed E-state index contributed by atoms with van der Waals surface area (Å²) in [4.78, 5) is 57.3. The highest BCUT2D eigenvalue weighted by Crippen LogP contribution is 2.41. The number of carbonyl (C=O) groups is 4. The number of nitriles is 2. The number of nitrogen functional groups attached to an aromatic ring is 1. The standard InChI is InChI=1S/C31H21N5O6S2/c1-41-23-6-3-2-5-19(23)22(37)16-42-31(40)17-8-10-18(11-9-17)36-26(38)13-25(30(36)39)44-29-21(15-33)27(24-7-4-12-43-24)20(14-32)28(34)35-29/h2-12,25H,13,16H2,1H3,(H2,34,35). The van der Waals surface area contributed by atoms with Crippen LogP contribution in [0.4, 0.5) is 11.5 Å². The van der Waals surface area contributed by atoms with E-state index in [2.05, 4.69) is 11.1 Å². The number of nitrogens with zero attached hydrogens (tertiary/aromatic N) is 4. The molecule has 0 aliphatic carbocycles. The summed E-state index contributed by atoms with van der Waals surface area (Å²) in [5.41, 5.74) is 7.17. The van der Waals surface area contributed by atoms with E-state index in [-0.39, 0.29) is 45.2 Å². The molecule has 0 saturated carbocycles. The maximum absolute atomic E-state index is 13.4. The fourth-order valence-electron chi connectivity index (χ4n) is 4.57. The van der Waals surface area contributed by atoms with E-state index < -0.39 is 35.4 Å². The second-order valence-corrected chi connectivity index (χ2v) is 11.4. The Labute approximate surface area is 259 Å². The van der Waals surface area contributed by atoms with Gasteiger partial charge in [-0.15, -0.1) is 11.3 Å². The fraction of sp³-hybridized carbons (Fsp3) is 0.129. The van der Waals surface area contributed by atoms with Crippen LogP contribution in [0.15, 0.2) is 71.1 Å². The molecule has 2 N–H and O–H groups in total. The molecule has 1 aliphatic heterocycles. The van der Waals surface area contributed by atoms with Crippen LogP contribution in [-0.4, -0.2) is 47.5 Å². The van der Waals surface area contributed by atoms with Crippen molar-refractivity contribution in [2.45, 2.75) is 16.7 Å². The summed E-state index contributed by atoms with van der Waals surface area (Å²) in [5, 5.41) is 20.7. The lowest BCUT2D eigenvalue weighted by molar-refractivity contribution is -0.121. The fourth-order valence-corrected chi connectivity index (χ4v) is 6.47. The zero-order valence-corrected chi connectivity index (χ0v) is 24.6. The van der Waals surface area contributed by atoms with E-state index in [9.17, 15) is 29.7 Å². The van der Waals surface area contributed by atoms with Crippen molar-refractivity contribution in [3.05, 3.63) is 88.3 Å². The third-order valence-electron chi connectivity index (χ3n) is 6.65. The van der Waals surface area contributed by atoms with Gasteiger partial charge in [0, 0.05) is 16.9 Å². The molecule has 2 amide bonds. The van der Waals surface area contributed by atoms with Crippen LogP contribution in [0.2, 0.25) is 0 Å². The lowest BCUT2D eigenvalue weighted by atomic mass is 10.0. The van der Waals surface area contributed by atoms with Gasteiger partial charge in [-0.2, -0.15) is 10.5 Å². The number of aromatic nitrogens is 1. The van der Waals surface area contributed by atoms with Gasteiger partial charge in [-0.1, -0.05) is 30.0 Å². The number of rotatable bonds is 9. The average molecular weight is 624 g/mol. The number of hydrogen-bond donors (Lipinski definition) is 1. The molecular formula is C31H21N5O6S2. The molecule has 1 atom stereocenters. The van der Waals surface area contributed by atoms with Crippen molar-refractivity contribution in [2.75, 3.05) is 24.4 Å². The number of methoxy groups -OCH3 is 1. The molecule has 218 valence electrons. The molecule has 1 fully saturated rings. The van der Waals surface area contributed by atoms with Gasteiger partial charge in [0.25, 0.3) is 0 Å². The quantitative estimate of drug-likeness (QED) is 0.156. The number of carbonyl (C=O) groups excluding carboxylic acids is 4. The van der Waals surface area contributed by atoms with Gasteiger partial charge >= 0.3 is 5.97 Å². The Balaban J connectivity index is 1.30. The van der Waals surface area contributed by atoms with Gasteiger partial charge in [0.1, 0.15) is 34.3 Å². The summed E-state index contributed by atoms with van der Waals surface area (Å²) in [7, 11) is 1.43. The van der Waals surface area contributed by atoms with Gasteiger partial charge in [-0.25, -0.2) is 14.7 Å². The molecule has 1 saturated heterocycles. The van der Waals surface area contributed by atoms with Gasteiger partial charge in [0.05, 0.1) is 34.7 Å². The number of para-hydroxylation sites is 1. The van der Waals surface area contributed by atoms with Gasteiger partial charge in [0.2, 0.25) is 17.6 Å². The lowest BCUT2D eigenvalue weighted by Crippen LogP contribution is -2.31. The maximum atomic E-state index is 13.4. The first-order valence-electron chi connectivity index (χ1n) is 12.9. The zero-order valence-electron chi connectivity index (χ0n) is 23.0. The van der Waals surface area contributed by atoms with Crippen molar-refractivity contribution in [3.8, 4) is 28.3 Å². The number of hydrogen-bond acceptors (Lipinski definition) is 12. The smallest absolute Gasteiger partial charge is 0.338 e. The van der Waals surface area contributed by atoms with Crippen molar-refractivity contribution < 1.29 is 28.7 Å². The molecule has 0 spiro atoms. The van der Waals surface area contributed by atoms with Crippen LogP contribution in [0.3, 0.4) is 0 Å². The predicted octanol–water partition coefficient (Wildman–Crippen LogP) is 4.61. The molecule has 4 aromatic rings. The second kappa shape index (κ2) is 12.8. The molecule has 13 heteroatoms. The minimum atomic E-state index is -0.906. The molecule has 0 radical (unpaired) electrons. The van der Waals surface area contributed by atoms with E-state index in [1.807, 2.05) is 6.07 Å². The number of Topliss-reactive ketones (excluding diaryl/α,β-unsaturated/α-hetero) is 1. The number of ether oxygens (including phenoxy) is 2. The third-order valence-corrected chi connectivity index (χ3v) is 8.70. The molecular weight excluding hydrogens is 603 g/mol. The number of benzene rings is 2. The van der Waals surface area contributed by atoms with E-state index in [1.165, 1.54) is 42.7 Å². The second-order valence-electron chi connectivity index (χ2n) is 9.25. The molecule has 0 bridgehead atoms. The van der Waals surface area contributed by atoms with E-state index in [1.54, 1.807) is 41.8 Å². The largest absolute Gasteiger partial charge is 0.496 e. The molecule has 2 aromatic heterocycles. The number of esters is 1. The van der Waals surface area contributed by atoms with Gasteiger partial charge in [0.15, 0.2) is 6.61 Å². The lowest BCUT2D eigenvalue weighted by Gasteiger charge is -2.16. The zero-order chi connectivity index (χ0) is 31.4. The molecule has 11 nitrogen and oxygen atoms in total. The number of nitrogens with two attached hydrogens (primary N) is 1. The number of pyridine rings is 1. The Bertz CT molecular complexity index is 1880. The Hall–Kier alpha value is -5.50. The topological polar surface area (TPSA) is 176 Å². The van der Waals surface area contributed by atoms with Crippen LogP contribution in [0.1, 0.15) is 38.3 Å². The summed E-state index contributed by atoms with van der Waals surface area (Å²) in [6, 6.07) is 19.8. The maximum Gasteiger partial charge on any atom is 0.338 e. The summed E-state index contributed by atoms with van der Waals surface area (Å²) < 4.78 is 10.3. The van der Waals surface area contributed by atoms with Gasteiger partial charge in [-0.05, 0) is 47.8 Å². The van der Waals surface area contributed by atoms with Crippen molar-refractivity contribution in [3.63, 3.8) is 0 Å². The highest BCUT2D eigenvalue weighted by atomic mass is 32.2. The van der Waals surface area contributed by atoms with Crippen molar-refractivity contribution in [1.82, 2.24) is 4.98 Å². The van der Waals surface area contributed by atoms with Crippen molar-refractivity contribution >= 4 is 58.2 Å². The summed E-state index contributed by atoms with van der Waals surface area (Å²) in [6.07, 6.45) is -0.168. The first kappa shape index (κ1) is 30.0. The van der Waals surface area contributed by atoms with Gasteiger partial charge in [-0.3, -0.25) is 14.4 Å². The number of thiophene rings is 1. The average Bonchev–Trinajstić information content (AvgIpc) is 3.67. The Morgan fingerprint density at radius 2 is 1.80 bits per heavy atom. The number of anilines is 2. The van der Waals surface area contributed by atoms with Crippen molar-refractivity contribution in [1.29, 1.82) is 10.5 Å². The summed E-state index contributed by atoms with van der Waals surface area (Å²) >= 11 is 2.25. The highest BCUT2D eigenvalue weighted by Gasteiger charge is 2.41. The first-order valence-corrected chi connectivity index (χ1v) is 14.7. The molecule has 3 heterocycles. The van der Waals surface area contributed by atoms with E-state index in [4.69, 9.17) is 15.2 Å². The summed E-state index contributed by atoms with van der Waals surface area (Å²) in [6.45, 7) is -0.504. The molecule has 1 aliphatic rings. The number of imide groups is 1. The Morgan fingerprint density at radius 1 is 1.07 bits per heavy atom. The highest BCUT2D eigenvalue weighted by molar-refractivity contribution is 8.00. The molecule has 2 aromatic carbocycles. The van der Waals surface area contributed by atoms with Crippen LogP contribution in [0.5, 0.6) is 5.75 Å². The number of thioether (sulfide) groups is 1. The molecule has 5 rings (SSSR count). The van der Waals surface area contributed by atoms with Crippen LogP contribution in [-0.2, 0) is 14.3 Å². The van der Waals surface area contributed by atoms with Crippen LogP contribution in [0, 0.1) is 22.7 Å². The SMILES string of the molecule is COc1ccccc1C(=O)COC(=O)c1ccc(N2C(=O)CC(Sc3nc(N)c(C#N)c(-c4cccs4)c3C#N)C2=O)cc1. The Kier molecular flexibility index (Phi) is 8.71. The van der Waals surface area contributed by atoms with Crippen LogP contribution >= 0.6 is 23.1 Å². The first-order chi connectivity index (χ1) is 21.3. The normalized spacial score (nSPS) is 14.2. The number of ketones is 1. The Morgan fingerprint density at radius 3 is 2.45 bits per heavy atom. The number of amides is 2. The van der Waals surface area contributed by atoms with Crippen molar-refractivity contribution in [2.24, 2.45) is 0 Å². The third kappa shape index (κ3) is 5.74. The summed E-state index contributed by atoms with van der Waals surface area (Å²) in [5.74, 6) is -1.95. The van der Waals surface area contributed by atoms with E-state index in [0.717, 1.165) is 16.7 Å². The monoisotopic (exact) mass is 623 g/mol.